The predicted molar refractivity (Wildman–Crippen MR) is 78.9 cm³/mol. The van der Waals surface area contributed by atoms with Crippen molar-refractivity contribution in [2.45, 2.75) is 26.4 Å². The lowest BCUT2D eigenvalue weighted by Gasteiger charge is -2.60. The molecule has 2 saturated heterocycles. The molecule has 1 aromatic rings. The lowest BCUT2D eigenvalue weighted by molar-refractivity contribution is -0.0455. The summed E-state index contributed by atoms with van der Waals surface area (Å²) in [5.74, 6) is 1.26. The Labute approximate surface area is 124 Å². The number of rotatable bonds is 1. The molecule has 0 aromatic carbocycles. The lowest BCUT2D eigenvalue weighted by atomic mass is 9.73. The fourth-order valence-corrected chi connectivity index (χ4v) is 2.85. The van der Waals surface area contributed by atoms with Crippen molar-refractivity contribution in [3.8, 4) is 0 Å². The molecule has 7 heteroatoms. The van der Waals surface area contributed by atoms with Crippen LogP contribution in [0.1, 0.15) is 20.8 Å². The van der Waals surface area contributed by atoms with Gasteiger partial charge in [-0.05, 0) is 32.9 Å². The summed E-state index contributed by atoms with van der Waals surface area (Å²) in [4.78, 5) is 15.8. The Kier molecular flexibility index (Phi) is 2.96. The van der Waals surface area contributed by atoms with Gasteiger partial charge in [-0.1, -0.05) is 0 Å². The van der Waals surface area contributed by atoms with Crippen molar-refractivity contribution in [1.29, 1.82) is 0 Å². The standard InChI is InChI=1S/C14H21N5O2/c1-13(2,3)21-12(20)19-8-14(9-19)6-18(7-14)11-5-4-10(15)16-17-11/h4-5H,6-9H2,1-3H3,(H2,15,16). The molecule has 3 heterocycles. The van der Waals surface area contributed by atoms with Crippen LogP contribution in [0.15, 0.2) is 12.1 Å². The molecule has 2 aliphatic rings. The maximum absolute atomic E-state index is 11.9. The summed E-state index contributed by atoms with van der Waals surface area (Å²) in [6, 6.07) is 3.63. The summed E-state index contributed by atoms with van der Waals surface area (Å²) in [5.41, 5.74) is 5.28. The number of hydrogen-bond acceptors (Lipinski definition) is 6. The summed E-state index contributed by atoms with van der Waals surface area (Å²) in [6.45, 7) is 8.93. The summed E-state index contributed by atoms with van der Waals surface area (Å²) >= 11 is 0. The van der Waals surface area contributed by atoms with Gasteiger partial charge in [-0.25, -0.2) is 4.79 Å². The fourth-order valence-electron chi connectivity index (χ4n) is 2.85. The minimum atomic E-state index is -0.439. The van der Waals surface area contributed by atoms with Gasteiger partial charge >= 0.3 is 6.09 Å². The van der Waals surface area contributed by atoms with E-state index >= 15 is 0 Å². The second-order valence-corrected chi connectivity index (χ2v) is 7.01. The van der Waals surface area contributed by atoms with E-state index in [1.54, 1.807) is 11.0 Å². The van der Waals surface area contributed by atoms with E-state index in [9.17, 15) is 4.79 Å². The normalized spacial score (nSPS) is 20.0. The average molecular weight is 291 g/mol. The Morgan fingerprint density at radius 2 is 1.90 bits per heavy atom. The number of nitrogens with two attached hydrogens (primary N) is 1. The van der Waals surface area contributed by atoms with E-state index in [0.29, 0.717) is 5.82 Å². The minimum Gasteiger partial charge on any atom is -0.444 e. The highest BCUT2D eigenvalue weighted by Crippen LogP contribution is 2.41. The molecule has 0 atom stereocenters. The molecule has 1 amide bonds. The minimum absolute atomic E-state index is 0.194. The van der Waals surface area contributed by atoms with Gasteiger partial charge in [0.15, 0.2) is 5.82 Å². The van der Waals surface area contributed by atoms with Crippen LogP contribution in [0, 0.1) is 5.41 Å². The van der Waals surface area contributed by atoms with Crippen LogP contribution >= 0.6 is 0 Å². The predicted octanol–water partition coefficient (Wildman–Crippen LogP) is 1.12. The number of ether oxygens (including phenoxy) is 1. The molecule has 1 spiro atoms. The second kappa shape index (κ2) is 4.47. The zero-order valence-corrected chi connectivity index (χ0v) is 12.7. The third kappa shape index (κ3) is 2.72. The lowest BCUT2D eigenvalue weighted by Crippen LogP contribution is -2.73. The smallest absolute Gasteiger partial charge is 0.410 e. The summed E-state index contributed by atoms with van der Waals surface area (Å²) in [7, 11) is 0. The average Bonchev–Trinajstić information content (AvgIpc) is 2.25. The van der Waals surface area contributed by atoms with Crippen molar-refractivity contribution in [3.05, 3.63) is 12.1 Å². The Bertz CT molecular complexity index is 537. The van der Waals surface area contributed by atoms with Crippen molar-refractivity contribution >= 4 is 17.7 Å². The Balaban J connectivity index is 1.50. The van der Waals surface area contributed by atoms with Crippen LogP contribution in [0.4, 0.5) is 16.4 Å². The third-order valence-electron chi connectivity index (χ3n) is 3.75. The van der Waals surface area contributed by atoms with Crippen LogP contribution in [0.25, 0.3) is 0 Å². The van der Waals surface area contributed by atoms with Crippen molar-refractivity contribution in [3.63, 3.8) is 0 Å². The summed E-state index contributed by atoms with van der Waals surface area (Å²) < 4.78 is 5.37. The molecular weight excluding hydrogens is 270 g/mol. The van der Waals surface area contributed by atoms with Gasteiger partial charge in [0.1, 0.15) is 11.4 Å². The van der Waals surface area contributed by atoms with E-state index < -0.39 is 5.60 Å². The number of likely N-dealkylation sites (tertiary alicyclic amines) is 1. The Morgan fingerprint density at radius 1 is 1.24 bits per heavy atom. The quantitative estimate of drug-likeness (QED) is 0.834. The largest absolute Gasteiger partial charge is 0.444 e. The number of carbonyl (C=O) groups is 1. The molecule has 1 aromatic heterocycles. The number of hydrogen-bond donors (Lipinski definition) is 1. The number of aromatic nitrogens is 2. The first-order valence-corrected chi connectivity index (χ1v) is 7.09. The fraction of sp³-hybridized carbons (Fsp3) is 0.643. The maximum Gasteiger partial charge on any atom is 0.410 e. The molecule has 3 rings (SSSR count). The van der Waals surface area contributed by atoms with Gasteiger partial charge in [-0.2, -0.15) is 0 Å². The molecule has 2 N–H and O–H groups in total. The van der Waals surface area contributed by atoms with E-state index in [4.69, 9.17) is 10.5 Å². The van der Waals surface area contributed by atoms with E-state index in [-0.39, 0.29) is 11.5 Å². The second-order valence-electron chi connectivity index (χ2n) is 7.01. The number of carbonyl (C=O) groups excluding carboxylic acids is 1. The van der Waals surface area contributed by atoms with Crippen molar-refractivity contribution in [2.75, 3.05) is 36.8 Å². The van der Waals surface area contributed by atoms with Crippen LogP contribution < -0.4 is 10.6 Å². The first kappa shape index (κ1) is 13.9. The molecule has 2 aliphatic heterocycles. The molecule has 114 valence electrons. The van der Waals surface area contributed by atoms with Crippen LogP contribution in [0.3, 0.4) is 0 Å². The Hall–Kier alpha value is -2.05. The number of nitrogens with zero attached hydrogens (tertiary/aromatic N) is 4. The van der Waals surface area contributed by atoms with E-state index in [1.807, 2.05) is 26.8 Å². The molecule has 2 fully saturated rings. The maximum atomic E-state index is 11.9. The SMILES string of the molecule is CC(C)(C)OC(=O)N1CC2(C1)CN(c1ccc(N)nn1)C2. The molecule has 21 heavy (non-hydrogen) atoms. The highest BCUT2D eigenvalue weighted by Gasteiger charge is 2.54. The van der Waals surface area contributed by atoms with Crippen molar-refractivity contribution < 1.29 is 9.53 Å². The van der Waals surface area contributed by atoms with Crippen LogP contribution in [-0.4, -0.2) is 53.0 Å². The van der Waals surface area contributed by atoms with Gasteiger partial charge in [0.2, 0.25) is 0 Å². The molecule has 0 unspecified atom stereocenters. The highest BCUT2D eigenvalue weighted by molar-refractivity contribution is 5.70. The summed E-state index contributed by atoms with van der Waals surface area (Å²) in [5, 5.41) is 7.93. The zero-order chi connectivity index (χ0) is 15.3. The van der Waals surface area contributed by atoms with Crippen molar-refractivity contribution in [2.24, 2.45) is 5.41 Å². The van der Waals surface area contributed by atoms with Gasteiger partial charge in [-0.15, -0.1) is 10.2 Å². The van der Waals surface area contributed by atoms with Gasteiger partial charge in [-0.3, -0.25) is 0 Å². The summed E-state index contributed by atoms with van der Waals surface area (Å²) in [6.07, 6.45) is -0.223. The third-order valence-corrected chi connectivity index (χ3v) is 3.75. The van der Waals surface area contributed by atoms with Gasteiger partial charge in [0.25, 0.3) is 0 Å². The van der Waals surface area contributed by atoms with Gasteiger partial charge < -0.3 is 20.3 Å². The molecule has 7 nitrogen and oxygen atoms in total. The van der Waals surface area contributed by atoms with E-state index in [2.05, 4.69) is 15.1 Å². The Morgan fingerprint density at radius 3 is 2.43 bits per heavy atom. The first-order chi connectivity index (χ1) is 9.76. The highest BCUT2D eigenvalue weighted by atomic mass is 16.6. The number of anilines is 2. The van der Waals surface area contributed by atoms with Crippen molar-refractivity contribution in [1.82, 2.24) is 15.1 Å². The first-order valence-electron chi connectivity index (χ1n) is 7.09. The van der Waals surface area contributed by atoms with E-state index in [1.165, 1.54) is 0 Å². The topological polar surface area (TPSA) is 84.6 Å². The molecule has 0 saturated carbocycles. The van der Waals surface area contributed by atoms with Crippen LogP contribution in [0.5, 0.6) is 0 Å². The number of amides is 1. The monoisotopic (exact) mass is 291 g/mol. The van der Waals surface area contributed by atoms with Gasteiger partial charge in [0.05, 0.1) is 0 Å². The van der Waals surface area contributed by atoms with Crippen LogP contribution in [0.2, 0.25) is 0 Å². The molecule has 0 radical (unpaired) electrons. The molecule has 0 aliphatic carbocycles. The molecule has 0 bridgehead atoms. The van der Waals surface area contributed by atoms with Crippen LogP contribution in [-0.2, 0) is 4.74 Å². The number of nitrogen functional groups attached to an aromatic ring is 1. The zero-order valence-electron chi connectivity index (χ0n) is 12.7. The van der Waals surface area contributed by atoms with E-state index in [0.717, 1.165) is 32.0 Å². The van der Waals surface area contributed by atoms with Gasteiger partial charge in [0, 0.05) is 31.6 Å². The molecular formula is C14H21N5O2.